The SMILES string of the molecule is O=C1C=CC(=O)N1C1C=Cc2ccccc21. The van der Waals surface area contributed by atoms with E-state index in [9.17, 15) is 9.59 Å². The second-order valence-electron chi connectivity index (χ2n) is 3.81. The van der Waals surface area contributed by atoms with Gasteiger partial charge < -0.3 is 0 Å². The highest BCUT2D eigenvalue weighted by Crippen LogP contribution is 2.34. The van der Waals surface area contributed by atoms with Gasteiger partial charge in [-0.3, -0.25) is 14.5 Å². The van der Waals surface area contributed by atoms with Gasteiger partial charge >= 0.3 is 0 Å². The van der Waals surface area contributed by atoms with Crippen molar-refractivity contribution in [3.05, 3.63) is 53.6 Å². The molecule has 3 nitrogen and oxygen atoms in total. The van der Waals surface area contributed by atoms with Crippen molar-refractivity contribution in [2.24, 2.45) is 0 Å². The Hall–Kier alpha value is -2.16. The molecule has 2 amide bonds. The molecule has 0 bridgehead atoms. The van der Waals surface area contributed by atoms with E-state index in [1.807, 2.05) is 36.4 Å². The molecule has 3 heteroatoms. The molecule has 16 heavy (non-hydrogen) atoms. The van der Waals surface area contributed by atoms with Gasteiger partial charge in [0.05, 0.1) is 6.04 Å². The third-order valence-electron chi connectivity index (χ3n) is 2.89. The summed E-state index contributed by atoms with van der Waals surface area (Å²) in [5.74, 6) is -0.479. The van der Waals surface area contributed by atoms with Crippen molar-refractivity contribution < 1.29 is 9.59 Å². The number of fused-ring (bicyclic) bond motifs is 1. The number of carbonyl (C=O) groups is 2. The molecular formula is C13H9NO2. The minimum Gasteiger partial charge on any atom is -0.269 e. The highest BCUT2D eigenvalue weighted by molar-refractivity contribution is 6.13. The second-order valence-corrected chi connectivity index (χ2v) is 3.81. The van der Waals surface area contributed by atoms with Crippen LogP contribution in [0, 0.1) is 0 Å². The first-order valence-corrected chi connectivity index (χ1v) is 5.10. The van der Waals surface area contributed by atoms with E-state index in [4.69, 9.17) is 0 Å². The molecule has 1 unspecified atom stereocenters. The molecule has 0 N–H and O–H groups in total. The van der Waals surface area contributed by atoms with Crippen molar-refractivity contribution in [1.29, 1.82) is 0 Å². The van der Waals surface area contributed by atoms with E-state index in [2.05, 4.69) is 0 Å². The first kappa shape index (κ1) is 9.09. The summed E-state index contributed by atoms with van der Waals surface area (Å²) in [4.78, 5) is 24.4. The predicted molar refractivity (Wildman–Crippen MR) is 59.2 cm³/mol. The Balaban J connectivity index is 2.03. The number of hydrogen-bond acceptors (Lipinski definition) is 2. The maximum Gasteiger partial charge on any atom is 0.254 e. The summed E-state index contributed by atoms with van der Waals surface area (Å²) in [6.07, 6.45) is 6.46. The number of nitrogens with zero attached hydrogens (tertiary/aromatic N) is 1. The molecule has 0 aromatic heterocycles. The minimum atomic E-state index is -0.244. The molecular weight excluding hydrogens is 202 g/mol. The van der Waals surface area contributed by atoms with E-state index in [0.29, 0.717) is 0 Å². The lowest BCUT2D eigenvalue weighted by atomic mass is 10.1. The lowest BCUT2D eigenvalue weighted by Crippen LogP contribution is -2.32. The monoisotopic (exact) mass is 211 g/mol. The topological polar surface area (TPSA) is 37.4 Å². The molecule has 3 rings (SSSR count). The van der Waals surface area contributed by atoms with Crippen LogP contribution in [0.5, 0.6) is 0 Å². The van der Waals surface area contributed by atoms with Crippen molar-refractivity contribution in [2.45, 2.75) is 6.04 Å². The second kappa shape index (κ2) is 3.17. The summed E-state index contributed by atoms with van der Waals surface area (Å²) in [7, 11) is 0. The van der Waals surface area contributed by atoms with Crippen LogP contribution < -0.4 is 0 Å². The van der Waals surface area contributed by atoms with Crippen molar-refractivity contribution in [2.75, 3.05) is 0 Å². The fraction of sp³-hybridized carbons (Fsp3) is 0.0769. The average molecular weight is 211 g/mol. The van der Waals surface area contributed by atoms with Crippen molar-refractivity contribution in [3.8, 4) is 0 Å². The number of hydrogen-bond donors (Lipinski definition) is 0. The van der Waals surface area contributed by atoms with E-state index < -0.39 is 0 Å². The molecule has 1 aromatic carbocycles. The lowest BCUT2D eigenvalue weighted by molar-refractivity contribution is -0.138. The van der Waals surface area contributed by atoms with E-state index >= 15 is 0 Å². The zero-order valence-electron chi connectivity index (χ0n) is 8.46. The molecule has 0 saturated heterocycles. The van der Waals surface area contributed by atoms with Gasteiger partial charge in [-0.2, -0.15) is 0 Å². The number of carbonyl (C=O) groups excluding carboxylic acids is 2. The molecule has 2 aliphatic rings. The number of imide groups is 1. The number of rotatable bonds is 1. The molecule has 0 fully saturated rings. The van der Waals surface area contributed by atoms with E-state index in [1.54, 1.807) is 0 Å². The molecule has 1 aliphatic heterocycles. The van der Waals surface area contributed by atoms with Crippen LogP contribution in [0.25, 0.3) is 6.08 Å². The van der Waals surface area contributed by atoms with Crippen LogP contribution in [-0.2, 0) is 9.59 Å². The van der Waals surface area contributed by atoms with Gasteiger partial charge in [0.25, 0.3) is 11.8 Å². The quantitative estimate of drug-likeness (QED) is 0.663. The summed E-state index contributed by atoms with van der Waals surface area (Å²) in [5, 5.41) is 0. The van der Waals surface area contributed by atoms with Crippen LogP contribution >= 0.6 is 0 Å². The molecule has 0 radical (unpaired) electrons. The predicted octanol–water partition coefficient (Wildman–Crippen LogP) is 1.68. The fourth-order valence-corrected chi connectivity index (χ4v) is 2.14. The number of benzene rings is 1. The van der Waals surface area contributed by atoms with E-state index in [-0.39, 0.29) is 17.9 Å². The maximum absolute atomic E-state index is 11.6. The smallest absolute Gasteiger partial charge is 0.254 e. The molecule has 0 spiro atoms. The Bertz CT molecular complexity index is 525. The summed E-state index contributed by atoms with van der Waals surface area (Å²) in [6.45, 7) is 0. The van der Waals surface area contributed by atoms with E-state index in [0.717, 1.165) is 11.1 Å². The summed E-state index contributed by atoms with van der Waals surface area (Å²) in [5.41, 5.74) is 2.08. The van der Waals surface area contributed by atoms with Crippen LogP contribution in [0.3, 0.4) is 0 Å². The van der Waals surface area contributed by atoms with Crippen LogP contribution in [-0.4, -0.2) is 16.7 Å². The first-order chi connectivity index (χ1) is 7.77. The van der Waals surface area contributed by atoms with Gasteiger partial charge in [-0.1, -0.05) is 36.4 Å². The third-order valence-corrected chi connectivity index (χ3v) is 2.89. The molecule has 1 heterocycles. The Morgan fingerprint density at radius 2 is 1.62 bits per heavy atom. The number of amides is 2. The zero-order valence-corrected chi connectivity index (χ0v) is 8.46. The molecule has 1 aliphatic carbocycles. The Labute approximate surface area is 92.7 Å². The van der Waals surface area contributed by atoms with Crippen LogP contribution in [0.4, 0.5) is 0 Å². The van der Waals surface area contributed by atoms with Crippen LogP contribution in [0.1, 0.15) is 17.2 Å². The van der Waals surface area contributed by atoms with Gasteiger partial charge in [-0.05, 0) is 11.1 Å². The van der Waals surface area contributed by atoms with Gasteiger partial charge in [-0.15, -0.1) is 0 Å². The fourth-order valence-electron chi connectivity index (χ4n) is 2.14. The Morgan fingerprint density at radius 3 is 2.38 bits per heavy atom. The van der Waals surface area contributed by atoms with Gasteiger partial charge in [0.1, 0.15) is 0 Å². The standard InChI is InChI=1S/C13H9NO2/c15-12-7-8-13(16)14(12)11-6-5-9-3-1-2-4-10(9)11/h1-8,11H. The minimum absolute atomic E-state index is 0.239. The van der Waals surface area contributed by atoms with Crippen molar-refractivity contribution in [1.82, 2.24) is 4.90 Å². The molecule has 1 atom stereocenters. The summed E-state index contributed by atoms with van der Waals surface area (Å²) < 4.78 is 0. The molecule has 1 aromatic rings. The first-order valence-electron chi connectivity index (χ1n) is 5.10. The molecule has 78 valence electrons. The summed E-state index contributed by atoms with van der Waals surface area (Å²) in [6, 6.07) is 7.53. The average Bonchev–Trinajstić information content (AvgIpc) is 2.83. The van der Waals surface area contributed by atoms with Crippen LogP contribution in [0.2, 0.25) is 0 Å². The van der Waals surface area contributed by atoms with Crippen LogP contribution in [0.15, 0.2) is 42.5 Å². The van der Waals surface area contributed by atoms with Gasteiger partial charge in [0.2, 0.25) is 0 Å². The van der Waals surface area contributed by atoms with Gasteiger partial charge in [-0.25, -0.2) is 0 Å². The van der Waals surface area contributed by atoms with Gasteiger partial charge in [0, 0.05) is 12.2 Å². The lowest BCUT2D eigenvalue weighted by Gasteiger charge is -2.21. The highest BCUT2D eigenvalue weighted by atomic mass is 16.2. The Morgan fingerprint density at radius 1 is 0.938 bits per heavy atom. The molecule has 0 saturated carbocycles. The van der Waals surface area contributed by atoms with E-state index in [1.165, 1.54) is 17.1 Å². The highest BCUT2D eigenvalue weighted by Gasteiger charge is 2.33. The summed E-state index contributed by atoms with van der Waals surface area (Å²) >= 11 is 0. The van der Waals surface area contributed by atoms with Crippen molar-refractivity contribution >= 4 is 17.9 Å². The Kier molecular flexibility index (Phi) is 1.80. The largest absolute Gasteiger partial charge is 0.269 e. The zero-order chi connectivity index (χ0) is 11.1. The maximum atomic E-state index is 11.6. The third kappa shape index (κ3) is 1.15. The normalized spacial score (nSPS) is 22.0. The van der Waals surface area contributed by atoms with Gasteiger partial charge in [0.15, 0.2) is 0 Å². The van der Waals surface area contributed by atoms with Crippen molar-refractivity contribution in [3.63, 3.8) is 0 Å².